The van der Waals surface area contributed by atoms with Crippen molar-refractivity contribution in [2.24, 2.45) is 5.92 Å². The fourth-order valence-electron chi connectivity index (χ4n) is 2.19. The van der Waals surface area contributed by atoms with Gasteiger partial charge in [-0.25, -0.2) is 9.97 Å². The largest absolute Gasteiger partial charge is 0.312 e. The van der Waals surface area contributed by atoms with E-state index in [1.54, 1.807) is 11.3 Å². The third-order valence-corrected chi connectivity index (χ3v) is 4.23. The topological polar surface area (TPSA) is 37.8 Å². The van der Waals surface area contributed by atoms with Crippen LogP contribution in [0.3, 0.4) is 0 Å². The fourth-order valence-corrected chi connectivity index (χ4v) is 3.02. The van der Waals surface area contributed by atoms with Crippen molar-refractivity contribution < 1.29 is 0 Å². The minimum atomic E-state index is 0.657. The van der Waals surface area contributed by atoms with E-state index in [9.17, 15) is 0 Å². The molecule has 0 spiro atoms. The molecule has 3 nitrogen and oxygen atoms in total. The normalized spacial score (nSPS) is 11.3. The zero-order valence-corrected chi connectivity index (χ0v) is 13.8. The first-order valence-electron chi connectivity index (χ1n) is 7.07. The molecule has 0 atom stereocenters. The Morgan fingerprint density at radius 1 is 1.10 bits per heavy atom. The number of thiophene rings is 1. The van der Waals surface area contributed by atoms with Gasteiger partial charge in [0.1, 0.15) is 0 Å². The maximum Gasteiger partial charge on any atom is 0.160 e. The first-order chi connectivity index (χ1) is 9.49. The van der Waals surface area contributed by atoms with E-state index in [1.165, 1.54) is 11.1 Å². The molecule has 2 aromatic heterocycles. The van der Waals surface area contributed by atoms with Crippen molar-refractivity contribution in [3.63, 3.8) is 0 Å². The number of hydrogen-bond donors (Lipinski definition) is 1. The van der Waals surface area contributed by atoms with Gasteiger partial charge in [0.05, 0.1) is 0 Å². The molecule has 0 aliphatic rings. The van der Waals surface area contributed by atoms with Gasteiger partial charge in [-0.3, -0.25) is 0 Å². The van der Waals surface area contributed by atoms with Gasteiger partial charge in [-0.05, 0) is 44.2 Å². The molecule has 0 saturated carbocycles. The number of nitrogens with zero attached hydrogens (tertiary/aromatic N) is 2. The predicted octanol–water partition coefficient (Wildman–Crippen LogP) is 3.88. The Morgan fingerprint density at radius 2 is 1.75 bits per heavy atom. The van der Waals surface area contributed by atoms with Gasteiger partial charge in [0.25, 0.3) is 0 Å². The molecular weight excluding hydrogens is 266 g/mol. The highest BCUT2D eigenvalue weighted by Gasteiger charge is 2.12. The monoisotopic (exact) mass is 289 g/mol. The Hall–Kier alpha value is -1.26. The van der Waals surface area contributed by atoms with Crippen molar-refractivity contribution in [1.82, 2.24) is 15.3 Å². The molecule has 0 unspecified atom stereocenters. The van der Waals surface area contributed by atoms with Crippen LogP contribution in [0.25, 0.3) is 11.4 Å². The summed E-state index contributed by atoms with van der Waals surface area (Å²) in [6, 6.07) is 0. The summed E-state index contributed by atoms with van der Waals surface area (Å²) in [5.74, 6) is 1.51. The summed E-state index contributed by atoms with van der Waals surface area (Å²) in [6.45, 7) is 12.6. The van der Waals surface area contributed by atoms with Gasteiger partial charge in [-0.2, -0.15) is 11.3 Å². The van der Waals surface area contributed by atoms with Crippen LogP contribution >= 0.6 is 11.3 Å². The Kier molecular flexibility index (Phi) is 4.89. The maximum atomic E-state index is 4.69. The Labute approximate surface area is 125 Å². The molecular formula is C16H23N3S. The highest BCUT2D eigenvalue weighted by Crippen LogP contribution is 2.25. The van der Waals surface area contributed by atoms with Gasteiger partial charge in [0, 0.05) is 34.4 Å². The minimum Gasteiger partial charge on any atom is -0.312 e. The van der Waals surface area contributed by atoms with Crippen LogP contribution in [0.5, 0.6) is 0 Å². The highest BCUT2D eigenvalue weighted by atomic mass is 32.1. The zero-order valence-electron chi connectivity index (χ0n) is 12.9. The van der Waals surface area contributed by atoms with Crippen LogP contribution in [0.2, 0.25) is 0 Å². The molecule has 0 radical (unpaired) electrons. The van der Waals surface area contributed by atoms with Crippen molar-refractivity contribution in [2.45, 2.75) is 41.2 Å². The van der Waals surface area contributed by atoms with Crippen LogP contribution in [-0.4, -0.2) is 16.5 Å². The van der Waals surface area contributed by atoms with Gasteiger partial charge in [-0.15, -0.1) is 0 Å². The standard InChI is InChI=1S/C16H23N3S/c1-10(2)6-17-7-14-12(4)18-16(19-13(14)5)15-9-20-8-11(15)3/h8-10,17H,6-7H2,1-5H3. The molecule has 0 aliphatic heterocycles. The molecule has 0 aliphatic carbocycles. The van der Waals surface area contributed by atoms with Crippen molar-refractivity contribution in [3.8, 4) is 11.4 Å². The second-order valence-corrected chi connectivity index (χ2v) is 6.43. The second kappa shape index (κ2) is 6.46. The summed E-state index contributed by atoms with van der Waals surface area (Å²) in [5, 5.41) is 7.74. The summed E-state index contributed by atoms with van der Waals surface area (Å²) >= 11 is 1.70. The van der Waals surface area contributed by atoms with Crippen molar-refractivity contribution in [3.05, 3.63) is 33.3 Å². The molecule has 108 valence electrons. The van der Waals surface area contributed by atoms with Crippen LogP contribution in [0, 0.1) is 26.7 Å². The summed E-state index contributed by atoms with van der Waals surface area (Å²) in [4.78, 5) is 9.38. The number of hydrogen-bond acceptors (Lipinski definition) is 4. The zero-order chi connectivity index (χ0) is 14.7. The smallest absolute Gasteiger partial charge is 0.160 e. The molecule has 2 aromatic rings. The van der Waals surface area contributed by atoms with E-state index in [2.05, 4.69) is 50.7 Å². The van der Waals surface area contributed by atoms with Crippen LogP contribution in [0.15, 0.2) is 10.8 Å². The Morgan fingerprint density at radius 3 is 2.25 bits per heavy atom. The van der Waals surface area contributed by atoms with Crippen LogP contribution in [0.4, 0.5) is 0 Å². The summed E-state index contributed by atoms with van der Waals surface area (Å²) in [5.41, 5.74) is 5.79. The van der Waals surface area contributed by atoms with Crippen LogP contribution in [-0.2, 0) is 6.54 Å². The number of nitrogens with one attached hydrogen (secondary N) is 1. The van der Waals surface area contributed by atoms with Crippen molar-refractivity contribution in [2.75, 3.05) is 6.54 Å². The lowest BCUT2D eigenvalue weighted by atomic mass is 10.1. The molecule has 0 saturated heterocycles. The average molecular weight is 289 g/mol. The molecule has 2 heterocycles. The highest BCUT2D eigenvalue weighted by molar-refractivity contribution is 7.08. The molecule has 4 heteroatoms. The summed E-state index contributed by atoms with van der Waals surface area (Å²) in [7, 11) is 0. The SMILES string of the molecule is Cc1cscc1-c1nc(C)c(CNCC(C)C)c(C)n1. The quantitative estimate of drug-likeness (QED) is 0.908. The van der Waals surface area contributed by atoms with E-state index in [4.69, 9.17) is 9.97 Å². The summed E-state index contributed by atoms with van der Waals surface area (Å²) < 4.78 is 0. The van der Waals surface area contributed by atoms with Gasteiger partial charge in [-0.1, -0.05) is 13.8 Å². The third kappa shape index (κ3) is 3.44. The van der Waals surface area contributed by atoms with Crippen molar-refractivity contribution >= 4 is 11.3 Å². The first-order valence-corrected chi connectivity index (χ1v) is 8.01. The molecule has 1 N–H and O–H groups in total. The predicted molar refractivity (Wildman–Crippen MR) is 86.1 cm³/mol. The van der Waals surface area contributed by atoms with E-state index in [1.807, 2.05) is 0 Å². The van der Waals surface area contributed by atoms with Gasteiger partial charge in [0.2, 0.25) is 0 Å². The van der Waals surface area contributed by atoms with Gasteiger partial charge in [0.15, 0.2) is 5.82 Å². The first kappa shape index (κ1) is 15.1. The molecule has 20 heavy (non-hydrogen) atoms. The fraction of sp³-hybridized carbons (Fsp3) is 0.500. The number of rotatable bonds is 5. The number of aromatic nitrogens is 2. The Balaban J connectivity index is 2.23. The lowest BCUT2D eigenvalue weighted by Crippen LogP contribution is -2.21. The van der Waals surface area contributed by atoms with E-state index in [0.717, 1.165) is 35.9 Å². The molecule has 0 fully saturated rings. The molecule has 0 aromatic carbocycles. The van der Waals surface area contributed by atoms with E-state index < -0.39 is 0 Å². The lowest BCUT2D eigenvalue weighted by Gasteiger charge is -2.13. The molecule has 2 rings (SSSR count). The third-order valence-electron chi connectivity index (χ3n) is 3.37. The van der Waals surface area contributed by atoms with E-state index in [0.29, 0.717) is 5.92 Å². The molecule has 0 bridgehead atoms. The summed E-state index contributed by atoms with van der Waals surface area (Å²) in [6.07, 6.45) is 0. The Bertz CT molecular complexity index is 564. The van der Waals surface area contributed by atoms with Crippen LogP contribution < -0.4 is 5.32 Å². The lowest BCUT2D eigenvalue weighted by molar-refractivity contribution is 0.549. The second-order valence-electron chi connectivity index (χ2n) is 5.69. The number of aryl methyl sites for hydroxylation is 3. The minimum absolute atomic E-state index is 0.657. The van der Waals surface area contributed by atoms with Crippen molar-refractivity contribution in [1.29, 1.82) is 0 Å². The van der Waals surface area contributed by atoms with Gasteiger partial charge < -0.3 is 5.32 Å². The van der Waals surface area contributed by atoms with Crippen LogP contribution in [0.1, 0.15) is 36.4 Å². The maximum absolute atomic E-state index is 4.69. The van der Waals surface area contributed by atoms with E-state index >= 15 is 0 Å². The van der Waals surface area contributed by atoms with E-state index in [-0.39, 0.29) is 0 Å². The van der Waals surface area contributed by atoms with Gasteiger partial charge >= 0.3 is 0 Å². The molecule has 0 amide bonds. The average Bonchev–Trinajstić information content (AvgIpc) is 2.78.